The molecule has 1 aromatic carbocycles. The summed E-state index contributed by atoms with van der Waals surface area (Å²) in [7, 11) is -1.81. The van der Waals surface area contributed by atoms with Crippen LogP contribution in [0.5, 0.6) is 0 Å². The lowest BCUT2D eigenvalue weighted by atomic mass is 9.76. The Morgan fingerprint density at radius 2 is 1.95 bits per heavy atom. The van der Waals surface area contributed by atoms with E-state index in [0.717, 1.165) is 24.0 Å². The second-order valence-electron chi connectivity index (χ2n) is 11.3. The van der Waals surface area contributed by atoms with Crippen molar-refractivity contribution in [3.05, 3.63) is 47.0 Å². The summed E-state index contributed by atoms with van der Waals surface area (Å²) < 4.78 is 33.0. The first-order chi connectivity index (χ1) is 18.8. The SMILES string of the molecule is Cc1ccc(C[C@H](NC(=O)OC[C@H]2CCCCCN2C(=O)C(C#N)=CC(C)(C)N2CCC(F)(F)C2)B(O)O)cc1. The van der Waals surface area contributed by atoms with Crippen molar-refractivity contribution in [2.45, 2.75) is 82.7 Å². The molecule has 2 atom stereocenters. The van der Waals surface area contributed by atoms with Crippen molar-refractivity contribution < 1.29 is 33.2 Å². The molecule has 0 unspecified atom stereocenters. The lowest BCUT2D eigenvalue weighted by molar-refractivity contribution is -0.129. The summed E-state index contributed by atoms with van der Waals surface area (Å²) in [5.74, 6) is -4.34. The van der Waals surface area contributed by atoms with Crippen LogP contribution in [0.3, 0.4) is 0 Å². The predicted octanol–water partition coefficient (Wildman–Crippen LogP) is 2.99. The van der Waals surface area contributed by atoms with E-state index in [1.54, 1.807) is 18.7 Å². The highest BCUT2D eigenvalue weighted by molar-refractivity contribution is 6.43. The zero-order chi connectivity index (χ0) is 29.5. The van der Waals surface area contributed by atoms with Crippen LogP contribution in [0.25, 0.3) is 0 Å². The van der Waals surface area contributed by atoms with Gasteiger partial charge in [-0.2, -0.15) is 5.26 Å². The van der Waals surface area contributed by atoms with Gasteiger partial charge in [-0.15, -0.1) is 0 Å². The van der Waals surface area contributed by atoms with Crippen LogP contribution in [0.2, 0.25) is 0 Å². The van der Waals surface area contributed by atoms with Crippen LogP contribution in [-0.2, 0) is 16.0 Å². The number of benzene rings is 1. The van der Waals surface area contributed by atoms with Crippen LogP contribution in [0.1, 0.15) is 57.1 Å². The molecule has 1 aromatic rings. The zero-order valence-corrected chi connectivity index (χ0v) is 23.4. The van der Waals surface area contributed by atoms with Gasteiger partial charge in [-0.05, 0) is 51.7 Å². The normalized spacial score (nSPS) is 20.8. The van der Waals surface area contributed by atoms with Gasteiger partial charge in [-0.1, -0.05) is 42.7 Å². The number of amides is 2. The van der Waals surface area contributed by atoms with Gasteiger partial charge in [-0.25, -0.2) is 13.6 Å². The summed E-state index contributed by atoms with van der Waals surface area (Å²) in [6.45, 7) is 5.28. The highest BCUT2D eigenvalue weighted by Crippen LogP contribution is 2.33. The summed E-state index contributed by atoms with van der Waals surface area (Å²) in [6, 6.07) is 8.90. The number of carbonyl (C=O) groups is 2. The summed E-state index contributed by atoms with van der Waals surface area (Å²) in [5.41, 5.74) is 0.782. The maximum Gasteiger partial charge on any atom is 0.475 e. The Morgan fingerprint density at radius 1 is 1.25 bits per heavy atom. The molecule has 2 heterocycles. The number of hydrogen-bond acceptors (Lipinski definition) is 7. The second kappa shape index (κ2) is 13.6. The molecule has 2 saturated heterocycles. The first-order valence-electron chi connectivity index (χ1n) is 13.7. The third kappa shape index (κ3) is 8.75. The summed E-state index contributed by atoms with van der Waals surface area (Å²) in [6.07, 6.45) is 3.42. The molecule has 12 heteroatoms. The van der Waals surface area contributed by atoms with Crippen LogP contribution in [0, 0.1) is 18.3 Å². The van der Waals surface area contributed by atoms with Crippen molar-refractivity contribution in [3.63, 3.8) is 0 Å². The zero-order valence-electron chi connectivity index (χ0n) is 23.4. The van der Waals surface area contributed by atoms with Crippen LogP contribution in [-0.4, -0.2) is 88.7 Å². The van der Waals surface area contributed by atoms with E-state index in [9.17, 15) is 33.7 Å². The van der Waals surface area contributed by atoms with Gasteiger partial charge in [-0.3, -0.25) is 9.69 Å². The largest absolute Gasteiger partial charge is 0.475 e. The number of carbonyl (C=O) groups excluding carboxylic acids is 2. The lowest BCUT2D eigenvalue weighted by Crippen LogP contribution is -2.49. The number of alkyl halides is 2. The number of alkyl carbamates (subject to hydrolysis) is 1. The molecular formula is C28H39BF2N4O5. The van der Waals surface area contributed by atoms with Crippen molar-refractivity contribution in [2.75, 3.05) is 26.2 Å². The molecule has 3 N–H and O–H groups in total. The number of nitriles is 1. The number of rotatable bonds is 9. The molecular weight excluding hydrogens is 521 g/mol. The molecule has 40 heavy (non-hydrogen) atoms. The summed E-state index contributed by atoms with van der Waals surface area (Å²) in [4.78, 5) is 29.2. The number of ether oxygens (including phenoxy) is 1. The lowest BCUT2D eigenvalue weighted by Gasteiger charge is -2.34. The highest BCUT2D eigenvalue weighted by Gasteiger charge is 2.43. The van der Waals surface area contributed by atoms with E-state index < -0.39 is 49.1 Å². The van der Waals surface area contributed by atoms with Crippen LogP contribution < -0.4 is 5.32 Å². The van der Waals surface area contributed by atoms with Gasteiger partial charge in [0.15, 0.2) is 0 Å². The van der Waals surface area contributed by atoms with Gasteiger partial charge in [0.1, 0.15) is 18.2 Å². The van der Waals surface area contributed by atoms with Gasteiger partial charge in [0.05, 0.1) is 18.5 Å². The minimum atomic E-state index is -2.80. The molecule has 2 amide bonds. The quantitative estimate of drug-likeness (QED) is 0.241. The Hall–Kier alpha value is -3.01. The van der Waals surface area contributed by atoms with Gasteiger partial charge in [0, 0.05) is 25.0 Å². The standard InChI is InChI=1S/C28H39BF2N4O5/c1-20-8-10-21(11-9-20)15-24(29(38)39)33-26(37)40-18-23-7-5-4-6-13-35(23)25(36)22(17-32)16-27(2,3)34-14-12-28(30,31)19-34/h8-11,16,23-24,38-39H,4-7,12-15,18-19H2,1-3H3,(H,33,37)/t23-,24+/m1/s1. The third-order valence-corrected chi connectivity index (χ3v) is 7.62. The Labute approximate surface area is 234 Å². The smallest absolute Gasteiger partial charge is 0.447 e. The molecule has 0 bridgehead atoms. The molecule has 0 spiro atoms. The fourth-order valence-corrected chi connectivity index (χ4v) is 5.16. The van der Waals surface area contributed by atoms with Gasteiger partial charge >= 0.3 is 13.2 Å². The Balaban J connectivity index is 1.66. The number of hydrogen-bond donors (Lipinski definition) is 3. The molecule has 0 aliphatic carbocycles. The Morgan fingerprint density at radius 3 is 2.55 bits per heavy atom. The average molecular weight is 560 g/mol. The van der Waals surface area contributed by atoms with E-state index in [0.29, 0.717) is 19.4 Å². The first kappa shape index (κ1) is 31.5. The van der Waals surface area contributed by atoms with E-state index in [1.807, 2.05) is 37.3 Å². The number of aryl methyl sites for hydroxylation is 1. The number of nitrogens with zero attached hydrogens (tertiary/aromatic N) is 3. The van der Waals surface area contributed by atoms with Crippen molar-refractivity contribution in [3.8, 4) is 6.07 Å². The van der Waals surface area contributed by atoms with Crippen molar-refractivity contribution in [2.24, 2.45) is 0 Å². The number of nitrogens with one attached hydrogen (secondary N) is 1. The van der Waals surface area contributed by atoms with E-state index in [1.165, 1.54) is 11.0 Å². The van der Waals surface area contributed by atoms with Crippen LogP contribution in [0.4, 0.5) is 13.6 Å². The van der Waals surface area contributed by atoms with Crippen molar-refractivity contribution in [1.82, 2.24) is 15.1 Å². The van der Waals surface area contributed by atoms with Gasteiger partial charge < -0.3 is 25.0 Å². The fraction of sp³-hybridized carbons (Fsp3) is 0.607. The van der Waals surface area contributed by atoms with Gasteiger partial charge in [0.2, 0.25) is 0 Å². The summed E-state index contributed by atoms with van der Waals surface area (Å²) >= 11 is 0. The minimum absolute atomic E-state index is 0.141. The monoisotopic (exact) mass is 560 g/mol. The minimum Gasteiger partial charge on any atom is -0.447 e. The number of halogens is 2. The molecule has 218 valence electrons. The van der Waals surface area contributed by atoms with Gasteiger partial charge in [0.25, 0.3) is 11.8 Å². The van der Waals surface area contributed by atoms with E-state index in [2.05, 4.69) is 5.32 Å². The molecule has 3 rings (SSSR count). The molecule has 0 aromatic heterocycles. The topological polar surface area (TPSA) is 126 Å². The van der Waals surface area contributed by atoms with E-state index in [-0.39, 0.29) is 31.6 Å². The van der Waals surface area contributed by atoms with Crippen molar-refractivity contribution >= 4 is 19.1 Å². The summed E-state index contributed by atoms with van der Waals surface area (Å²) in [5, 5.41) is 31.9. The Kier molecular flexibility index (Phi) is 10.7. The maximum atomic E-state index is 13.8. The van der Waals surface area contributed by atoms with E-state index in [4.69, 9.17) is 4.74 Å². The molecule has 2 aliphatic heterocycles. The fourth-order valence-electron chi connectivity index (χ4n) is 5.16. The molecule has 9 nitrogen and oxygen atoms in total. The molecule has 0 radical (unpaired) electrons. The molecule has 2 fully saturated rings. The van der Waals surface area contributed by atoms with Crippen LogP contribution in [0.15, 0.2) is 35.9 Å². The van der Waals surface area contributed by atoms with Crippen LogP contribution >= 0.6 is 0 Å². The first-order valence-corrected chi connectivity index (χ1v) is 13.7. The maximum absolute atomic E-state index is 13.8. The molecule has 0 saturated carbocycles. The average Bonchev–Trinajstić information content (AvgIpc) is 3.12. The predicted molar refractivity (Wildman–Crippen MR) is 146 cm³/mol. The second-order valence-corrected chi connectivity index (χ2v) is 11.3. The van der Waals surface area contributed by atoms with E-state index >= 15 is 0 Å². The third-order valence-electron chi connectivity index (χ3n) is 7.62. The Bertz CT molecular complexity index is 1110. The van der Waals surface area contributed by atoms with Crippen molar-refractivity contribution in [1.29, 1.82) is 5.26 Å². The highest BCUT2D eigenvalue weighted by atomic mass is 19.3. The molecule has 2 aliphatic rings. The number of likely N-dealkylation sites (tertiary alicyclic amines) is 2.